The number of hydrogen-bond acceptors (Lipinski definition) is 1. The Balaban J connectivity index is 2.55. The molecule has 2 aromatic carbocycles. The molecule has 0 radical (unpaired) electrons. The fraction of sp³-hybridized carbons (Fsp3) is 0.250. The summed E-state index contributed by atoms with van der Waals surface area (Å²) in [6.45, 7) is 6.79. The highest BCUT2D eigenvalue weighted by molar-refractivity contribution is 7.80. The summed E-state index contributed by atoms with van der Waals surface area (Å²) in [7, 11) is -4.03. The van der Waals surface area contributed by atoms with Crippen LogP contribution in [-0.2, 0) is 4.57 Å². The zero-order valence-electron chi connectivity index (χ0n) is 12.1. The Morgan fingerprint density at radius 2 is 1.40 bits per heavy atom. The highest BCUT2D eigenvalue weighted by atomic mass is 35.5. The maximum absolute atomic E-state index is 13.7. The van der Waals surface area contributed by atoms with Gasteiger partial charge in [0.05, 0.1) is 8.07 Å². The van der Waals surface area contributed by atoms with Crippen LogP contribution < -0.4 is 10.6 Å². The molecule has 0 unspecified atom stereocenters. The number of hydrogen-bond donors (Lipinski definition) is 0. The van der Waals surface area contributed by atoms with Gasteiger partial charge in [0.25, 0.3) is 0 Å². The van der Waals surface area contributed by atoms with E-state index in [1.807, 2.05) is 54.6 Å². The Morgan fingerprint density at radius 1 is 0.900 bits per heavy atom. The number of rotatable bonds is 4. The lowest BCUT2D eigenvalue weighted by Crippen LogP contribution is -2.32. The van der Waals surface area contributed by atoms with E-state index in [1.165, 1.54) is 0 Å². The lowest BCUT2D eigenvalue weighted by atomic mass is 10.4. The summed E-state index contributed by atoms with van der Waals surface area (Å²) in [5.41, 5.74) is 0. The Kier molecular flexibility index (Phi) is 4.58. The van der Waals surface area contributed by atoms with Gasteiger partial charge in [-0.15, -0.1) is 0 Å². The predicted molar refractivity (Wildman–Crippen MR) is 93.0 cm³/mol. The normalized spacial score (nSPS) is 14.8. The molecule has 0 saturated heterocycles. The zero-order valence-corrected chi connectivity index (χ0v) is 14.8. The zero-order chi connectivity index (χ0) is 14.8. The van der Waals surface area contributed by atoms with Crippen molar-refractivity contribution in [2.45, 2.75) is 19.6 Å². The highest BCUT2D eigenvalue weighted by Gasteiger charge is 2.33. The van der Waals surface area contributed by atoms with Gasteiger partial charge in [-0.3, -0.25) is 0 Å². The molecule has 0 fully saturated rings. The van der Waals surface area contributed by atoms with Crippen molar-refractivity contribution in [2.75, 3.05) is 5.79 Å². The van der Waals surface area contributed by atoms with Crippen LogP contribution in [0.4, 0.5) is 0 Å². The molecule has 0 spiro atoms. The number of benzene rings is 2. The van der Waals surface area contributed by atoms with Gasteiger partial charge in [-0.25, -0.2) is 0 Å². The first kappa shape index (κ1) is 15.6. The lowest BCUT2D eigenvalue weighted by molar-refractivity contribution is 0.589. The van der Waals surface area contributed by atoms with Crippen LogP contribution in [0, 0.1) is 0 Å². The van der Waals surface area contributed by atoms with E-state index < -0.39 is 15.2 Å². The average Bonchev–Trinajstić information content (AvgIpc) is 2.38. The molecule has 0 amide bonds. The molecule has 20 heavy (non-hydrogen) atoms. The van der Waals surface area contributed by atoms with Gasteiger partial charge in [-0.1, -0.05) is 61.6 Å². The van der Waals surface area contributed by atoms with Gasteiger partial charge in [0, 0.05) is 21.4 Å². The standard InChI is InChI=1S/C16H20ClOPSi/c1-20(2,3)13-19(18,15-7-5-4-6-8-15)16-11-9-14(17)10-12-16/h4-12H,13H2,1-3H3/t19-/m0/s1. The van der Waals surface area contributed by atoms with Crippen molar-refractivity contribution in [3.8, 4) is 0 Å². The molecule has 0 bridgehead atoms. The maximum atomic E-state index is 13.7. The first-order valence-electron chi connectivity index (χ1n) is 6.72. The van der Waals surface area contributed by atoms with Crippen molar-refractivity contribution >= 4 is 37.4 Å². The molecule has 0 aliphatic heterocycles. The first-order chi connectivity index (χ1) is 9.31. The molecule has 0 aliphatic carbocycles. The number of halogens is 1. The quantitative estimate of drug-likeness (QED) is 0.597. The fourth-order valence-electron chi connectivity index (χ4n) is 2.35. The van der Waals surface area contributed by atoms with Gasteiger partial charge in [0.2, 0.25) is 0 Å². The molecular formula is C16H20ClOPSi. The molecule has 1 nitrogen and oxygen atoms in total. The molecule has 0 N–H and O–H groups in total. The van der Waals surface area contributed by atoms with Gasteiger partial charge < -0.3 is 4.57 Å². The molecule has 0 saturated carbocycles. The first-order valence-corrected chi connectivity index (χ1v) is 12.7. The van der Waals surface area contributed by atoms with E-state index in [0.717, 1.165) is 16.4 Å². The summed E-state index contributed by atoms with van der Waals surface area (Å²) in [6.07, 6.45) is 0. The summed E-state index contributed by atoms with van der Waals surface area (Å²) in [5.74, 6) is 0.783. The van der Waals surface area contributed by atoms with Crippen LogP contribution in [0.25, 0.3) is 0 Å². The van der Waals surface area contributed by atoms with E-state index >= 15 is 0 Å². The SMILES string of the molecule is C[Si](C)(C)C[P@](=O)(c1ccccc1)c1ccc(Cl)cc1. The van der Waals surface area contributed by atoms with Gasteiger partial charge in [-0.2, -0.15) is 0 Å². The van der Waals surface area contributed by atoms with Gasteiger partial charge in [0.15, 0.2) is 0 Å². The van der Waals surface area contributed by atoms with Crippen molar-refractivity contribution in [2.24, 2.45) is 0 Å². The van der Waals surface area contributed by atoms with Crippen LogP contribution in [0.3, 0.4) is 0 Å². The summed E-state index contributed by atoms with van der Waals surface area (Å²) >= 11 is 5.96. The Labute approximate surface area is 127 Å². The van der Waals surface area contributed by atoms with E-state index in [9.17, 15) is 4.57 Å². The molecule has 1 atom stereocenters. The second-order valence-corrected chi connectivity index (χ2v) is 15.6. The van der Waals surface area contributed by atoms with Crippen molar-refractivity contribution < 1.29 is 4.57 Å². The van der Waals surface area contributed by atoms with Crippen molar-refractivity contribution in [3.63, 3.8) is 0 Å². The van der Waals surface area contributed by atoms with Crippen molar-refractivity contribution in [1.82, 2.24) is 0 Å². The van der Waals surface area contributed by atoms with Gasteiger partial charge in [-0.05, 0) is 24.3 Å². The van der Waals surface area contributed by atoms with Crippen LogP contribution in [0.1, 0.15) is 0 Å². The molecular weight excluding hydrogens is 303 g/mol. The van der Waals surface area contributed by atoms with Crippen LogP contribution in [-0.4, -0.2) is 13.9 Å². The molecule has 4 heteroatoms. The third-order valence-corrected chi connectivity index (χ3v) is 11.2. The summed E-state index contributed by atoms with van der Waals surface area (Å²) in [6, 6.07) is 17.3. The van der Waals surface area contributed by atoms with Crippen molar-refractivity contribution in [3.05, 3.63) is 59.6 Å². The summed E-state index contributed by atoms with van der Waals surface area (Å²) in [4.78, 5) is 0. The highest BCUT2D eigenvalue weighted by Crippen LogP contribution is 2.45. The van der Waals surface area contributed by atoms with Gasteiger partial charge in [0.1, 0.15) is 7.14 Å². The topological polar surface area (TPSA) is 17.1 Å². The monoisotopic (exact) mass is 322 g/mol. The van der Waals surface area contributed by atoms with Gasteiger partial charge >= 0.3 is 0 Å². The third-order valence-electron chi connectivity index (χ3n) is 3.11. The van der Waals surface area contributed by atoms with E-state index in [2.05, 4.69) is 19.6 Å². The molecule has 2 rings (SSSR count). The van der Waals surface area contributed by atoms with E-state index in [-0.39, 0.29) is 0 Å². The van der Waals surface area contributed by atoms with E-state index in [0.29, 0.717) is 5.02 Å². The van der Waals surface area contributed by atoms with Crippen LogP contribution in [0.15, 0.2) is 54.6 Å². The Bertz CT molecular complexity index is 617. The minimum absolute atomic E-state index is 0.682. The summed E-state index contributed by atoms with van der Waals surface area (Å²) < 4.78 is 13.7. The van der Waals surface area contributed by atoms with Crippen LogP contribution in [0.2, 0.25) is 24.7 Å². The van der Waals surface area contributed by atoms with Crippen LogP contribution in [0.5, 0.6) is 0 Å². The molecule has 2 aromatic rings. The van der Waals surface area contributed by atoms with Crippen LogP contribution >= 0.6 is 18.7 Å². The minimum Gasteiger partial charge on any atom is -0.314 e. The fourth-order valence-corrected chi connectivity index (χ4v) is 10.9. The third kappa shape index (κ3) is 3.63. The average molecular weight is 323 g/mol. The smallest absolute Gasteiger partial charge is 0.140 e. The van der Waals surface area contributed by atoms with Crippen molar-refractivity contribution in [1.29, 1.82) is 0 Å². The second-order valence-electron chi connectivity index (χ2n) is 6.27. The second kappa shape index (κ2) is 5.89. The molecule has 0 heterocycles. The molecule has 106 valence electrons. The minimum atomic E-state index is -2.56. The lowest BCUT2D eigenvalue weighted by Gasteiger charge is -2.26. The van der Waals surface area contributed by atoms with E-state index in [4.69, 9.17) is 11.6 Å². The largest absolute Gasteiger partial charge is 0.314 e. The molecule has 0 aromatic heterocycles. The Hall–Kier alpha value is -0.823. The van der Waals surface area contributed by atoms with E-state index in [1.54, 1.807) is 0 Å². The summed E-state index contributed by atoms with van der Waals surface area (Å²) in [5, 5.41) is 2.54. The predicted octanol–water partition coefficient (Wildman–Crippen LogP) is 4.53. The maximum Gasteiger partial charge on any atom is 0.140 e. The Morgan fingerprint density at radius 3 is 1.90 bits per heavy atom. The molecule has 0 aliphatic rings.